The number of rotatable bonds is 2. The summed E-state index contributed by atoms with van der Waals surface area (Å²) in [5, 5.41) is 5.39. The molecule has 21 heavy (non-hydrogen) atoms. The number of pyridine rings is 1. The van der Waals surface area contributed by atoms with E-state index in [1.165, 1.54) is 5.01 Å². The maximum atomic E-state index is 12.7. The molecule has 2 aliphatic rings. The lowest BCUT2D eigenvalue weighted by Crippen LogP contribution is -2.40. The topological polar surface area (TPSA) is 65.9 Å². The number of amides is 2. The molecule has 6 heteroatoms. The van der Waals surface area contributed by atoms with Crippen molar-refractivity contribution >= 4 is 17.5 Å². The van der Waals surface area contributed by atoms with Gasteiger partial charge in [0.05, 0.1) is 11.7 Å². The van der Waals surface area contributed by atoms with Crippen molar-refractivity contribution < 1.29 is 9.59 Å². The second-order valence-electron chi connectivity index (χ2n) is 5.38. The van der Waals surface area contributed by atoms with Crippen LogP contribution in [0.2, 0.25) is 0 Å². The highest BCUT2D eigenvalue weighted by Gasteiger charge is 2.34. The summed E-state index contributed by atoms with van der Waals surface area (Å²) in [6.07, 6.45) is 4.41. The first-order valence-electron chi connectivity index (χ1n) is 7.23. The average Bonchev–Trinajstić information content (AvgIpc) is 2.99. The Hall–Kier alpha value is -2.24. The van der Waals surface area contributed by atoms with Crippen LogP contribution in [0.5, 0.6) is 0 Å². The molecule has 1 saturated heterocycles. The highest BCUT2D eigenvalue weighted by Crippen LogP contribution is 2.31. The van der Waals surface area contributed by atoms with Crippen molar-refractivity contribution in [1.82, 2.24) is 14.9 Å². The lowest BCUT2D eigenvalue weighted by Gasteiger charge is -2.27. The van der Waals surface area contributed by atoms with Gasteiger partial charge in [0, 0.05) is 32.6 Å². The van der Waals surface area contributed by atoms with Crippen molar-refractivity contribution in [1.29, 1.82) is 0 Å². The van der Waals surface area contributed by atoms with Crippen LogP contribution in [0, 0.1) is 0 Å². The molecule has 2 amide bonds. The van der Waals surface area contributed by atoms with Gasteiger partial charge in [-0.15, -0.1) is 0 Å². The monoisotopic (exact) mass is 286 g/mol. The van der Waals surface area contributed by atoms with Crippen molar-refractivity contribution in [2.75, 3.05) is 13.6 Å². The maximum Gasteiger partial charge on any atom is 0.270 e. The second kappa shape index (κ2) is 5.63. The molecule has 110 valence electrons. The Kier molecular flexibility index (Phi) is 3.68. The van der Waals surface area contributed by atoms with Gasteiger partial charge in [-0.2, -0.15) is 5.10 Å². The first kappa shape index (κ1) is 13.7. The minimum absolute atomic E-state index is 0.0179. The normalized spacial score (nSPS) is 22.4. The second-order valence-corrected chi connectivity index (χ2v) is 5.38. The molecule has 3 rings (SSSR count). The molecule has 0 radical (unpaired) electrons. The van der Waals surface area contributed by atoms with Gasteiger partial charge < -0.3 is 4.90 Å². The molecule has 1 aromatic rings. The Morgan fingerprint density at radius 1 is 1.33 bits per heavy atom. The molecule has 0 spiro atoms. The van der Waals surface area contributed by atoms with Crippen LogP contribution < -0.4 is 0 Å². The Labute approximate surface area is 123 Å². The smallest absolute Gasteiger partial charge is 0.270 e. The summed E-state index contributed by atoms with van der Waals surface area (Å²) in [4.78, 5) is 30.3. The summed E-state index contributed by atoms with van der Waals surface area (Å²) in [5.74, 6) is -0.114. The Morgan fingerprint density at radius 3 is 2.90 bits per heavy atom. The molecule has 6 nitrogen and oxygen atoms in total. The Morgan fingerprint density at radius 2 is 2.19 bits per heavy atom. The first-order valence-corrected chi connectivity index (χ1v) is 7.23. The van der Waals surface area contributed by atoms with Crippen LogP contribution in [0.15, 0.2) is 29.5 Å². The number of hydrogen-bond donors (Lipinski definition) is 0. The highest BCUT2D eigenvalue weighted by molar-refractivity contribution is 6.39. The van der Waals surface area contributed by atoms with E-state index in [1.54, 1.807) is 13.2 Å². The van der Waals surface area contributed by atoms with E-state index >= 15 is 0 Å². The first-order chi connectivity index (χ1) is 10.2. The quantitative estimate of drug-likeness (QED) is 0.824. The van der Waals surface area contributed by atoms with Gasteiger partial charge in [0.1, 0.15) is 5.71 Å². The SMILES string of the molecule is CN1N=C(C(=O)N2CCC[C@H]2c2ccccn2)CCC1=O. The summed E-state index contributed by atoms with van der Waals surface area (Å²) in [5.41, 5.74) is 1.39. The van der Waals surface area contributed by atoms with Gasteiger partial charge in [-0.1, -0.05) is 6.07 Å². The number of hydrogen-bond acceptors (Lipinski definition) is 4. The molecule has 0 N–H and O–H groups in total. The molecule has 1 aromatic heterocycles. The average molecular weight is 286 g/mol. The van der Waals surface area contributed by atoms with Crippen LogP contribution >= 0.6 is 0 Å². The Bertz CT molecular complexity index is 585. The largest absolute Gasteiger partial charge is 0.329 e. The third-order valence-electron chi connectivity index (χ3n) is 4.00. The van der Waals surface area contributed by atoms with Gasteiger partial charge in [-0.05, 0) is 25.0 Å². The molecule has 0 aliphatic carbocycles. The van der Waals surface area contributed by atoms with E-state index in [0.29, 0.717) is 18.6 Å². The third kappa shape index (κ3) is 2.66. The van der Waals surface area contributed by atoms with E-state index in [4.69, 9.17) is 0 Å². The maximum absolute atomic E-state index is 12.7. The van der Waals surface area contributed by atoms with Gasteiger partial charge in [0.2, 0.25) is 5.91 Å². The minimum atomic E-state index is -0.0671. The van der Waals surface area contributed by atoms with Gasteiger partial charge >= 0.3 is 0 Å². The minimum Gasteiger partial charge on any atom is -0.329 e. The third-order valence-corrected chi connectivity index (χ3v) is 4.00. The molecule has 0 aromatic carbocycles. The Balaban J connectivity index is 1.81. The summed E-state index contributed by atoms with van der Waals surface area (Å²) >= 11 is 0. The van der Waals surface area contributed by atoms with Crippen LogP contribution in [-0.4, -0.2) is 46.0 Å². The zero-order chi connectivity index (χ0) is 14.8. The number of carbonyl (C=O) groups is 2. The van der Waals surface area contributed by atoms with Gasteiger partial charge in [-0.3, -0.25) is 14.6 Å². The van der Waals surface area contributed by atoms with Gasteiger partial charge in [0.15, 0.2) is 0 Å². The van der Waals surface area contributed by atoms with E-state index in [0.717, 1.165) is 25.1 Å². The summed E-state index contributed by atoms with van der Waals surface area (Å²) in [7, 11) is 1.59. The van der Waals surface area contributed by atoms with Crippen LogP contribution in [0.4, 0.5) is 0 Å². The predicted octanol–water partition coefficient (Wildman–Crippen LogP) is 1.35. The van der Waals surface area contributed by atoms with E-state index in [-0.39, 0.29) is 17.9 Å². The summed E-state index contributed by atoms with van der Waals surface area (Å²) < 4.78 is 0. The van der Waals surface area contributed by atoms with E-state index in [9.17, 15) is 9.59 Å². The van der Waals surface area contributed by atoms with Crippen molar-refractivity contribution in [3.63, 3.8) is 0 Å². The molecule has 0 unspecified atom stereocenters. The lowest BCUT2D eigenvalue weighted by atomic mass is 10.1. The fourth-order valence-electron chi connectivity index (χ4n) is 2.88. The zero-order valence-corrected chi connectivity index (χ0v) is 12.0. The van der Waals surface area contributed by atoms with Crippen molar-refractivity contribution in [3.8, 4) is 0 Å². The number of nitrogens with zero attached hydrogens (tertiary/aromatic N) is 4. The van der Waals surface area contributed by atoms with E-state index in [2.05, 4.69) is 10.1 Å². The fourth-order valence-corrected chi connectivity index (χ4v) is 2.88. The summed E-state index contributed by atoms with van der Waals surface area (Å²) in [6, 6.07) is 5.78. The fraction of sp³-hybridized carbons (Fsp3) is 0.467. The molecular formula is C15H18N4O2. The standard InChI is InChI=1S/C15H18N4O2/c1-18-14(20)8-7-12(17-18)15(21)19-10-4-6-13(19)11-5-2-3-9-16-11/h2-3,5,9,13H,4,6-8,10H2,1H3/t13-/m0/s1. The molecular weight excluding hydrogens is 268 g/mol. The van der Waals surface area contributed by atoms with Crippen LogP contribution in [0.3, 0.4) is 0 Å². The zero-order valence-electron chi connectivity index (χ0n) is 12.0. The van der Waals surface area contributed by atoms with E-state index in [1.807, 2.05) is 23.1 Å². The van der Waals surface area contributed by atoms with Gasteiger partial charge in [-0.25, -0.2) is 5.01 Å². The van der Waals surface area contributed by atoms with Crippen LogP contribution in [0.1, 0.15) is 37.4 Å². The van der Waals surface area contributed by atoms with Crippen molar-refractivity contribution in [2.45, 2.75) is 31.7 Å². The molecule has 0 bridgehead atoms. The predicted molar refractivity (Wildman–Crippen MR) is 77.4 cm³/mol. The molecule has 0 saturated carbocycles. The van der Waals surface area contributed by atoms with E-state index < -0.39 is 0 Å². The van der Waals surface area contributed by atoms with Crippen molar-refractivity contribution in [3.05, 3.63) is 30.1 Å². The lowest BCUT2D eigenvalue weighted by molar-refractivity contribution is -0.130. The van der Waals surface area contributed by atoms with Gasteiger partial charge in [0.25, 0.3) is 5.91 Å². The molecule has 1 fully saturated rings. The molecule has 2 aliphatic heterocycles. The summed E-state index contributed by atoms with van der Waals surface area (Å²) in [6.45, 7) is 0.719. The number of likely N-dealkylation sites (tertiary alicyclic amines) is 1. The number of aromatic nitrogens is 1. The molecule has 3 heterocycles. The molecule has 1 atom stereocenters. The number of carbonyl (C=O) groups excluding carboxylic acids is 2. The highest BCUT2D eigenvalue weighted by atomic mass is 16.2. The van der Waals surface area contributed by atoms with Crippen molar-refractivity contribution in [2.24, 2.45) is 5.10 Å². The number of hydrazone groups is 1. The van der Waals surface area contributed by atoms with Crippen LogP contribution in [0.25, 0.3) is 0 Å². The van der Waals surface area contributed by atoms with Crippen LogP contribution in [-0.2, 0) is 9.59 Å².